The number of hydrogen-bond donors (Lipinski definition) is 1. The van der Waals surface area contributed by atoms with Crippen molar-refractivity contribution in [1.29, 1.82) is 0 Å². The predicted octanol–water partition coefficient (Wildman–Crippen LogP) is 4.44. The van der Waals surface area contributed by atoms with Crippen molar-refractivity contribution in [1.82, 2.24) is 4.57 Å². The van der Waals surface area contributed by atoms with E-state index in [0.29, 0.717) is 6.07 Å². The van der Waals surface area contributed by atoms with Gasteiger partial charge < -0.3 is 4.57 Å². The lowest BCUT2D eigenvalue weighted by atomic mass is 10.3. The Morgan fingerprint density at radius 1 is 0.923 bits per heavy atom. The minimum Gasteiger partial charge on any atom is -0.302 e. The first-order chi connectivity index (χ1) is 12.2. The van der Waals surface area contributed by atoms with E-state index in [9.17, 15) is 26.0 Å². The molecule has 0 fully saturated rings. The van der Waals surface area contributed by atoms with E-state index in [2.05, 4.69) is 4.72 Å². The molecule has 0 aliphatic carbocycles. The zero-order chi connectivity index (χ0) is 18.9. The van der Waals surface area contributed by atoms with Crippen molar-refractivity contribution >= 4 is 15.8 Å². The first kappa shape index (κ1) is 18.0. The van der Waals surface area contributed by atoms with Crippen LogP contribution >= 0.6 is 0 Å². The molecule has 2 aromatic carbocycles. The highest BCUT2D eigenvalue weighted by Gasteiger charge is 2.33. The zero-order valence-electron chi connectivity index (χ0n) is 13.0. The summed E-state index contributed by atoms with van der Waals surface area (Å²) < 4.78 is 80.3. The third kappa shape index (κ3) is 3.72. The van der Waals surface area contributed by atoms with Crippen LogP contribution in [-0.4, -0.2) is 13.0 Å². The molecule has 9 heteroatoms. The van der Waals surface area contributed by atoms with Crippen molar-refractivity contribution in [3.63, 3.8) is 0 Å². The summed E-state index contributed by atoms with van der Waals surface area (Å²) in [4.78, 5) is -0.0968. The van der Waals surface area contributed by atoms with Crippen LogP contribution < -0.4 is 4.72 Å². The second-order valence-corrected chi connectivity index (χ2v) is 7.06. The number of nitrogens with one attached hydrogen (secondary N) is 1. The lowest BCUT2D eigenvalue weighted by Crippen LogP contribution is -2.15. The molecule has 1 N–H and O–H groups in total. The van der Waals surface area contributed by atoms with E-state index < -0.39 is 27.6 Å². The number of hydrogen-bond acceptors (Lipinski definition) is 2. The van der Waals surface area contributed by atoms with Gasteiger partial charge in [0.25, 0.3) is 10.0 Å². The number of nitrogens with zero attached hydrogens (tertiary/aromatic N) is 1. The summed E-state index contributed by atoms with van der Waals surface area (Å²) in [7, 11) is -4.10. The fraction of sp³-hybridized carbons (Fsp3) is 0.0588. The van der Waals surface area contributed by atoms with Gasteiger partial charge in [0, 0.05) is 11.9 Å². The summed E-state index contributed by atoms with van der Waals surface area (Å²) in [5, 5.41) is 0. The Hall–Kier alpha value is -2.81. The molecular formula is C17H12F4N2O2S. The Morgan fingerprint density at radius 2 is 1.54 bits per heavy atom. The highest BCUT2D eigenvalue weighted by molar-refractivity contribution is 7.92. The minimum atomic E-state index is -4.67. The molecule has 136 valence electrons. The maximum atomic E-state index is 13.1. The first-order valence-corrected chi connectivity index (χ1v) is 8.78. The number of rotatable bonds is 4. The zero-order valence-corrected chi connectivity index (χ0v) is 13.9. The van der Waals surface area contributed by atoms with Crippen LogP contribution in [0, 0.1) is 5.82 Å². The molecule has 0 spiro atoms. The molecule has 0 amide bonds. The fourth-order valence-electron chi connectivity index (χ4n) is 2.31. The third-order valence-corrected chi connectivity index (χ3v) is 4.92. The average molecular weight is 384 g/mol. The van der Waals surface area contributed by atoms with Gasteiger partial charge in [-0.25, -0.2) is 12.8 Å². The molecule has 4 nitrogen and oxygen atoms in total. The smallest absolute Gasteiger partial charge is 0.302 e. The van der Waals surface area contributed by atoms with Crippen LogP contribution in [-0.2, 0) is 16.2 Å². The summed E-state index contributed by atoms with van der Waals surface area (Å²) in [5.74, 6) is -0.879. The summed E-state index contributed by atoms with van der Waals surface area (Å²) in [5.41, 5.74) is -0.861. The molecular weight excluding hydrogens is 372 g/mol. The molecule has 0 atom stereocenters. The van der Waals surface area contributed by atoms with Gasteiger partial charge in [-0.15, -0.1) is 0 Å². The van der Waals surface area contributed by atoms with Crippen molar-refractivity contribution in [2.24, 2.45) is 0 Å². The number of sulfonamides is 1. The number of alkyl halides is 3. The van der Waals surface area contributed by atoms with E-state index in [1.165, 1.54) is 36.4 Å². The summed E-state index contributed by atoms with van der Waals surface area (Å²) in [6.45, 7) is 0. The lowest BCUT2D eigenvalue weighted by molar-refractivity contribution is -0.137. The molecule has 0 aliphatic heterocycles. The maximum absolute atomic E-state index is 13.1. The van der Waals surface area contributed by atoms with Crippen molar-refractivity contribution in [2.75, 3.05) is 4.72 Å². The van der Waals surface area contributed by atoms with Crippen LogP contribution in [0.25, 0.3) is 5.69 Å². The van der Waals surface area contributed by atoms with Crippen LogP contribution in [0.4, 0.5) is 23.4 Å². The Kier molecular flexibility index (Phi) is 4.49. The monoisotopic (exact) mass is 384 g/mol. The molecule has 0 saturated carbocycles. The van der Waals surface area contributed by atoms with Crippen LogP contribution in [0.3, 0.4) is 0 Å². The van der Waals surface area contributed by atoms with E-state index in [-0.39, 0.29) is 16.4 Å². The van der Waals surface area contributed by atoms with Gasteiger partial charge in [-0.2, -0.15) is 13.2 Å². The summed E-state index contributed by atoms with van der Waals surface area (Å²) in [6.07, 6.45) is -3.92. The van der Waals surface area contributed by atoms with E-state index >= 15 is 0 Å². The number of anilines is 1. The Bertz CT molecular complexity index is 1010. The van der Waals surface area contributed by atoms with Crippen LogP contribution in [0.15, 0.2) is 71.8 Å². The molecule has 0 saturated heterocycles. The highest BCUT2D eigenvalue weighted by Crippen LogP contribution is 2.34. The van der Waals surface area contributed by atoms with Gasteiger partial charge in [-0.05, 0) is 42.5 Å². The highest BCUT2D eigenvalue weighted by atomic mass is 32.2. The van der Waals surface area contributed by atoms with Gasteiger partial charge in [0.2, 0.25) is 0 Å². The van der Waals surface area contributed by atoms with Gasteiger partial charge in [0.05, 0.1) is 10.5 Å². The molecule has 0 unspecified atom stereocenters. The normalized spacial score (nSPS) is 12.2. The van der Waals surface area contributed by atoms with Crippen molar-refractivity contribution in [3.05, 3.63) is 78.2 Å². The van der Waals surface area contributed by atoms with E-state index in [0.717, 1.165) is 22.9 Å². The number of benzene rings is 2. The third-order valence-electron chi connectivity index (χ3n) is 3.54. The van der Waals surface area contributed by atoms with E-state index in [1.807, 2.05) is 0 Å². The SMILES string of the molecule is O=S(=O)(Nc1cc(C(F)(F)F)cn1-c1ccc(F)cc1)c1ccccc1. The second-order valence-electron chi connectivity index (χ2n) is 5.38. The van der Waals surface area contributed by atoms with Gasteiger partial charge in [0.1, 0.15) is 11.6 Å². The summed E-state index contributed by atoms with van der Waals surface area (Å²) in [6, 6.07) is 12.5. The first-order valence-electron chi connectivity index (χ1n) is 7.30. The Morgan fingerprint density at radius 3 is 2.12 bits per heavy atom. The Labute approximate surface area is 146 Å². The van der Waals surface area contributed by atoms with Crippen LogP contribution in [0.2, 0.25) is 0 Å². The van der Waals surface area contributed by atoms with E-state index in [4.69, 9.17) is 0 Å². The lowest BCUT2D eigenvalue weighted by Gasteiger charge is -2.12. The standard InChI is InChI=1S/C17H12F4N2O2S/c18-13-6-8-14(9-7-13)23-11-12(17(19,20)21)10-16(23)22-26(24,25)15-4-2-1-3-5-15/h1-11,22H. The van der Waals surface area contributed by atoms with Gasteiger partial charge in [-0.3, -0.25) is 4.72 Å². The number of halogens is 4. The largest absolute Gasteiger partial charge is 0.417 e. The minimum absolute atomic E-state index is 0.0968. The van der Waals surface area contributed by atoms with Gasteiger partial charge >= 0.3 is 6.18 Å². The molecule has 3 rings (SSSR count). The molecule has 3 aromatic rings. The van der Waals surface area contributed by atoms with Crippen molar-refractivity contribution < 1.29 is 26.0 Å². The molecule has 0 aliphatic rings. The average Bonchev–Trinajstić information content (AvgIpc) is 3.00. The van der Waals surface area contributed by atoms with Gasteiger partial charge in [-0.1, -0.05) is 18.2 Å². The quantitative estimate of drug-likeness (QED) is 0.677. The van der Waals surface area contributed by atoms with Crippen molar-refractivity contribution in [3.8, 4) is 5.69 Å². The molecule has 0 bridgehead atoms. The molecule has 26 heavy (non-hydrogen) atoms. The van der Waals surface area contributed by atoms with Crippen LogP contribution in [0.1, 0.15) is 5.56 Å². The maximum Gasteiger partial charge on any atom is 0.417 e. The van der Waals surface area contributed by atoms with E-state index in [1.54, 1.807) is 6.07 Å². The van der Waals surface area contributed by atoms with Crippen LogP contribution in [0.5, 0.6) is 0 Å². The fourth-order valence-corrected chi connectivity index (χ4v) is 3.37. The summed E-state index contributed by atoms with van der Waals surface area (Å²) >= 11 is 0. The van der Waals surface area contributed by atoms with Gasteiger partial charge in [0.15, 0.2) is 0 Å². The number of aromatic nitrogens is 1. The topological polar surface area (TPSA) is 51.1 Å². The predicted molar refractivity (Wildman–Crippen MR) is 88.0 cm³/mol. The molecule has 1 heterocycles. The Balaban J connectivity index is 2.08. The second kappa shape index (κ2) is 6.49. The molecule has 1 aromatic heterocycles. The van der Waals surface area contributed by atoms with Crippen molar-refractivity contribution in [2.45, 2.75) is 11.1 Å². The molecule has 0 radical (unpaired) electrons.